The fourth-order valence-electron chi connectivity index (χ4n) is 0.271. The molecule has 0 atom stereocenters. The Bertz CT molecular complexity index is 209. The molecule has 0 aromatic carbocycles. The summed E-state index contributed by atoms with van der Waals surface area (Å²) in [4.78, 5) is 9.04. The zero-order valence-corrected chi connectivity index (χ0v) is 4.13. The molecule has 46 valence electrons. The second kappa shape index (κ2) is 2.07. The molecular weight excluding hydrogens is 126 g/mol. The Balaban J connectivity index is 2.98. The molecule has 1 aromatic heterocycles. The van der Waals surface area contributed by atoms with Crippen molar-refractivity contribution < 1.29 is 4.92 Å². The van der Waals surface area contributed by atoms with Gasteiger partial charge in [-0.15, -0.1) is 0 Å². The monoisotopic (exact) mass is 127 g/mol. The summed E-state index contributed by atoms with van der Waals surface area (Å²) in [5, 5.41) is 22.2. The van der Waals surface area contributed by atoms with Gasteiger partial charge in [0, 0.05) is 0 Å². The van der Waals surface area contributed by atoms with E-state index in [0.29, 0.717) is 0 Å². The van der Waals surface area contributed by atoms with Crippen molar-refractivity contribution in [2.24, 2.45) is 0 Å². The molecule has 7 nitrogen and oxygen atoms in total. The lowest BCUT2D eigenvalue weighted by atomic mass is 11.1. The van der Waals surface area contributed by atoms with Crippen molar-refractivity contribution in [3.63, 3.8) is 0 Å². The zero-order chi connectivity index (χ0) is 6.69. The molecule has 0 fully saturated rings. The maximum Gasteiger partial charge on any atom is 0.513 e. The van der Waals surface area contributed by atoms with Crippen LogP contribution in [0, 0.1) is 10.1 Å². The van der Waals surface area contributed by atoms with Crippen LogP contribution in [0.5, 0.6) is 0 Å². The molecule has 0 aliphatic heterocycles. The van der Waals surface area contributed by atoms with Crippen molar-refractivity contribution in [2.75, 3.05) is 0 Å². The number of nitro groups is 1. The van der Waals surface area contributed by atoms with Crippen LogP contribution in [0.2, 0.25) is 0 Å². The average Bonchev–Trinajstić information content (AvgIpc) is 1.90. The molecule has 9 heavy (non-hydrogen) atoms. The molecule has 0 spiro atoms. The fraction of sp³-hybridized carbons (Fsp3) is 0. The first-order valence-electron chi connectivity index (χ1n) is 1.95. The van der Waals surface area contributed by atoms with Gasteiger partial charge in [0.05, 0.1) is 10.2 Å². The molecule has 7 heteroatoms. The van der Waals surface area contributed by atoms with E-state index in [0.717, 1.165) is 6.33 Å². The Kier molecular flexibility index (Phi) is 1.26. The minimum Gasteiger partial charge on any atom is -0.390 e. The predicted octanol–water partition coefficient (Wildman–Crippen LogP) is -0.825. The van der Waals surface area contributed by atoms with Crippen LogP contribution >= 0.6 is 0 Å². The molecule has 1 heterocycles. The van der Waals surface area contributed by atoms with Gasteiger partial charge in [-0.25, -0.2) is 0 Å². The SMILES string of the molecule is O=[N+]([O-])c1nncnn1. The van der Waals surface area contributed by atoms with Crippen LogP contribution in [0.15, 0.2) is 6.33 Å². The molecule has 0 radical (unpaired) electrons. The summed E-state index contributed by atoms with van der Waals surface area (Å²) in [6.45, 7) is 0. The number of rotatable bonds is 1. The second-order valence-electron chi connectivity index (χ2n) is 1.10. The predicted molar refractivity (Wildman–Crippen MR) is 24.3 cm³/mol. The molecule has 1 rings (SSSR count). The Labute approximate surface area is 48.9 Å². The molecule has 0 bridgehead atoms. The first-order chi connectivity index (χ1) is 4.30. The third kappa shape index (κ3) is 1.12. The molecule has 0 N–H and O–H groups in total. The summed E-state index contributed by atoms with van der Waals surface area (Å²) < 4.78 is 0. The average molecular weight is 127 g/mol. The van der Waals surface area contributed by atoms with Crippen LogP contribution in [0.25, 0.3) is 0 Å². The Hall–Kier alpha value is -1.66. The highest BCUT2D eigenvalue weighted by atomic mass is 16.6. The molecule has 0 saturated heterocycles. The Morgan fingerprint density at radius 3 is 2.33 bits per heavy atom. The maximum atomic E-state index is 9.80. The van der Waals surface area contributed by atoms with E-state index in [4.69, 9.17) is 0 Å². The summed E-state index contributed by atoms with van der Waals surface area (Å²) >= 11 is 0. The van der Waals surface area contributed by atoms with E-state index >= 15 is 0 Å². The molecule has 0 unspecified atom stereocenters. The first-order valence-corrected chi connectivity index (χ1v) is 1.95. The van der Waals surface area contributed by atoms with Crippen LogP contribution in [0.4, 0.5) is 5.95 Å². The van der Waals surface area contributed by atoms with E-state index in [9.17, 15) is 10.1 Å². The normalized spacial score (nSPS) is 8.89. The summed E-state index contributed by atoms with van der Waals surface area (Å²) in [6, 6.07) is 0. The second-order valence-corrected chi connectivity index (χ2v) is 1.10. The van der Waals surface area contributed by atoms with Gasteiger partial charge in [0.2, 0.25) is 0 Å². The number of hydrogen-bond acceptors (Lipinski definition) is 6. The minimum atomic E-state index is -0.764. The van der Waals surface area contributed by atoms with E-state index in [1.54, 1.807) is 0 Å². The van der Waals surface area contributed by atoms with Gasteiger partial charge in [0.1, 0.15) is 0 Å². The molecular formula is C2HN5O2. The van der Waals surface area contributed by atoms with Gasteiger partial charge in [0.15, 0.2) is 6.33 Å². The summed E-state index contributed by atoms with van der Waals surface area (Å²) in [5.41, 5.74) is 0. The molecule has 0 amide bonds. The molecule has 0 saturated carbocycles. The zero-order valence-electron chi connectivity index (χ0n) is 4.13. The molecule has 1 aromatic rings. The van der Waals surface area contributed by atoms with Gasteiger partial charge in [-0.05, 0) is 4.92 Å². The van der Waals surface area contributed by atoms with Gasteiger partial charge in [-0.1, -0.05) is 10.2 Å². The Morgan fingerprint density at radius 1 is 1.44 bits per heavy atom. The van der Waals surface area contributed by atoms with Crippen molar-refractivity contribution in [3.05, 3.63) is 16.4 Å². The van der Waals surface area contributed by atoms with E-state index < -0.39 is 10.9 Å². The first kappa shape index (κ1) is 5.48. The van der Waals surface area contributed by atoms with Gasteiger partial charge in [-0.3, -0.25) is 0 Å². The van der Waals surface area contributed by atoms with Crippen molar-refractivity contribution in [2.45, 2.75) is 0 Å². The van der Waals surface area contributed by atoms with Crippen LogP contribution in [0.1, 0.15) is 0 Å². The van der Waals surface area contributed by atoms with Crippen LogP contribution in [-0.4, -0.2) is 25.3 Å². The summed E-state index contributed by atoms with van der Waals surface area (Å²) in [6.07, 6.45) is 1.02. The third-order valence-electron chi connectivity index (χ3n) is 0.561. The lowest BCUT2D eigenvalue weighted by Gasteiger charge is -1.83. The van der Waals surface area contributed by atoms with Crippen molar-refractivity contribution in [3.8, 4) is 0 Å². The minimum absolute atomic E-state index is 0.586. The summed E-state index contributed by atoms with van der Waals surface area (Å²) in [7, 11) is 0. The summed E-state index contributed by atoms with van der Waals surface area (Å²) in [5.74, 6) is -0.586. The standard InChI is InChI=1S/C2HN5O2/c8-7(9)2-5-3-1-4-6-2/h1H. The van der Waals surface area contributed by atoms with Crippen LogP contribution in [-0.2, 0) is 0 Å². The van der Waals surface area contributed by atoms with E-state index in [1.165, 1.54) is 0 Å². The largest absolute Gasteiger partial charge is 0.513 e. The smallest absolute Gasteiger partial charge is 0.390 e. The highest BCUT2D eigenvalue weighted by Gasteiger charge is 2.06. The highest BCUT2D eigenvalue weighted by Crippen LogP contribution is 1.91. The van der Waals surface area contributed by atoms with Crippen LogP contribution < -0.4 is 0 Å². The van der Waals surface area contributed by atoms with Gasteiger partial charge >= 0.3 is 5.95 Å². The highest BCUT2D eigenvalue weighted by molar-refractivity contribution is 4.91. The van der Waals surface area contributed by atoms with E-state index in [-0.39, 0.29) is 0 Å². The molecule has 0 aliphatic rings. The lowest BCUT2D eigenvalue weighted by Crippen LogP contribution is -1.98. The van der Waals surface area contributed by atoms with Gasteiger partial charge in [0.25, 0.3) is 0 Å². The van der Waals surface area contributed by atoms with Gasteiger partial charge < -0.3 is 10.1 Å². The van der Waals surface area contributed by atoms with Crippen molar-refractivity contribution >= 4 is 5.95 Å². The van der Waals surface area contributed by atoms with E-state index in [1.807, 2.05) is 0 Å². The number of hydrogen-bond donors (Lipinski definition) is 0. The Morgan fingerprint density at radius 2 is 2.00 bits per heavy atom. The van der Waals surface area contributed by atoms with Gasteiger partial charge in [-0.2, -0.15) is 0 Å². The van der Waals surface area contributed by atoms with E-state index in [2.05, 4.69) is 20.4 Å². The lowest BCUT2D eigenvalue weighted by molar-refractivity contribution is -0.395. The van der Waals surface area contributed by atoms with Crippen molar-refractivity contribution in [1.82, 2.24) is 20.4 Å². The fourth-order valence-corrected chi connectivity index (χ4v) is 0.271. The quantitative estimate of drug-likeness (QED) is 0.361. The number of aromatic nitrogens is 4. The molecule has 0 aliphatic carbocycles. The third-order valence-corrected chi connectivity index (χ3v) is 0.561. The maximum absolute atomic E-state index is 9.80. The number of nitrogens with zero attached hydrogens (tertiary/aromatic N) is 5. The van der Waals surface area contributed by atoms with Crippen LogP contribution in [0.3, 0.4) is 0 Å². The topological polar surface area (TPSA) is 94.7 Å². The van der Waals surface area contributed by atoms with Crippen molar-refractivity contribution in [1.29, 1.82) is 0 Å².